The van der Waals surface area contributed by atoms with Gasteiger partial charge in [-0.15, -0.1) is 0 Å². The van der Waals surface area contributed by atoms with Crippen molar-refractivity contribution in [1.29, 1.82) is 0 Å². The lowest BCUT2D eigenvalue weighted by molar-refractivity contribution is -0.123. The van der Waals surface area contributed by atoms with E-state index in [0.717, 1.165) is 16.8 Å². The fourth-order valence-corrected chi connectivity index (χ4v) is 4.48. The number of anilines is 1. The van der Waals surface area contributed by atoms with E-state index in [2.05, 4.69) is 10.7 Å². The second-order valence-electron chi connectivity index (χ2n) is 9.49. The monoisotopic (exact) mass is 471 g/mol. The van der Waals surface area contributed by atoms with Gasteiger partial charge in [-0.1, -0.05) is 48.2 Å². The Morgan fingerprint density at radius 1 is 0.909 bits per heavy atom. The quantitative estimate of drug-likeness (QED) is 0.468. The second-order valence-corrected chi connectivity index (χ2v) is 10.8. The van der Waals surface area contributed by atoms with Gasteiger partial charge in [-0.05, 0) is 59.7 Å². The van der Waals surface area contributed by atoms with Crippen LogP contribution in [0.3, 0.4) is 0 Å². The number of hydrogen-bond donors (Lipinski definition) is 2. The van der Waals surface area contributed by atoms with E-state index in [1.807, 2.05) is 30.3 Å². The molecular formula is C24H29N3O5S. The minimum atomic E-state index is -1.68. The number of carbonyl (C=O) groups is 3. The lowest BCUT2D eigenvalue weighted by Crippen LogP contribution is -2.60. The van der Waals surface area contributed by atoms with Gasteiger partial charge in [-0.25, -0.2) is 15.0 Å². The van der Waals surface area contributed by atoms with Crippen LogP contribution >= 0.6 is 11.8 Å². The van der Waals surface area contributed by atoms with Crippen molar-refractivity contribution in [3.63, 3.8) is 0 Å². The van der Waals surface area contributed by atoms with Crippen molar-refractivity contribution in [2.45, 2.75) is 62.5 Å². The summed E-state index contributed by atoms with van der Waals surface area (Å²) in [6, 6.07) is 16.2. The number of benzene rings is 2. The molecule has 0 fully saturated rings. The minimum Gasteiger partial charge on any atom is -0.443 e. The Morgan fingerprint density at radius 2 is 1.48 bits per heavy atom. The Hall–Kier alpha value is -3.20. The minimum absolute atomic E-state index is 0.500. The standard InChI is InChI=1S/C24H29N3O5S/c1-22(2,3)31-20(29)26-27(21(30)32-23(4,5)6)24(33-16-12-8-7-9-13-16)17-14-10-11-15-18(17)25-19(24)28/h7-15H,1-6H3,(H,25,28)(H,26,29). The van der Waals surface area contributed by atoms with E-state index in [1.165, 1.54) is 0 Å². The number of nitrogens with one attached hydrogen (secondary N) is 2. The first-order chi connectivity index (χ1) is 15.3. The van der Waals surface area contributed by atoms with Gasteiger partial charge in [0.25, 0.3) is 5.91 Å². The van der Waals surface area contributed by atoms with Crippen LogP contribution < -0.4 is 10.7 Å². The van der Waals surface area contributed by atoms with Crippen LogP contribution in [0.4, 0.5) is 15.3 Å². The van der Waals surface area contributed by atoms with Gasteiger partial charge in [0.2, 0.25) is 4.87 Å². The maximum absolute atomic E-state index is 13.6. The molecule has 0 saturated carbocycles. The number of rotatable bonds is 3. The molecule has 9 heteroatoms. The summed E-state index contributed by atoms with van der Waals surface area (Å²) in [6.45, 7) is 10.2. The van der Waals surface area contributed by atoms with E-state index in [4.69, 9.17) is 9.47 Å². The Morgan fingerprint density at radius 3 is 2.09 bits per heavy atom. The van der Waals surface area contributed by atoms with Crippen molar-refractivity contribution in [3.8, 4) is 0 Å². The lowest BCUT2D eigenvalue weighted by Gasteiger charge is -2.39. The van der Waals surface area contributed by atoms with Crippen LogP contribution in [0, 0.1) is 0 Å². The molecule has 0 radical (unpaired) electrons. The third-order valence-corrected chi connectivity index (χ3v) is 5.74. The predicted octanol–water partition coefficient (Wildman–Crippen LogP) is 5.26. The molecule has 3 amide bonds. The second kappa shape index (κ2) is 8.97. The molecular weight excluding hydrogens is 442 g/mol. The van der Waals surface area contributed by atoms with Gasteiger partial charge >= 0.3 is 12.2 Å². The number of para-hydroxylation sites is 1. The summed E-state index contributed by atoms with van der Waals surface area (Å²) in [4.78, 5) is 38.8. The number of hydrazine groups is 1. The van der Waals surface area contributed by atoms with Crippen LogP contribution in [0.15, 0.2) is 59.5 Å². The van der Waals surface area contributed by atoms with Gasteiger partial charge in [-0.3, -0.25) is 4.79 Å². The Bertz CT molecular complexity index is 1050. The van der Waals surface area contributed by atoms with Gasteiger partial charge in [0.05, 0.1) is 0 Å². The number of nitrogens with zero attached hydrogens (tertiary/aromatic N) is 1. The first-order valence-corrected chi connectivity index (χ1v) is 11.3. The molecule has 1 aliphatic heterocycles. The number of thioether (sulfide) groups is 1. The van der Waals surface area contributed by atoms with Gasteiger partial charge in [-0.2, -0.15) is 5.01 Å². The molecule has 2 aromatic rings. The van der Waals surface area contributed by atoms with E-state index in [1.54, 1.807) is 65.8 Å². The van der Waals surface area contributed by atoms with Crippen LogP contribution in [0.25, 0.3) is 0 Å². The SMILES string of the molecule is CC(C)(C)OC(=O)NN(C(=O)OC(C)(C)C)C1(Sc2ccccc2)C(=O)Nc2ccccc21. The molecule has 0 saturated heterocycles. The molecule has 0 aliphatic carbocycles. The van der Waals surface area contributed by atoms with E-state index in [-0.39, 0.29) is 0 Å². The third kappa shape index (κ3) is 5.60. The molecule has 2 aromatic carbocycles. The molecule has 0 spiro atoms. The summed E-state index contributed by atoms with van der Waals surface area (Å²) >= 11 is 1.11. The van der Waals surface area contributed by atoms with E-state index in [9.17, 15) is 14.4 Å². The maximum atomic E-state index is 13.6. The molecule has 1 heterocycles. The van der Waals surface area contributed by atoms with E-state index >= 15 is 0 Å². The number of carbonyl (C=O) groups excluding carboxylic acids is 3. The molecule has 0 bridgehead atoms. The third-order valence-electron chi connectivity index (χ3n) is 4.35. The number of ether oxygens (including phenoxy) is 2. The Labute approximate surface area is 198 Å². The van der Waals surface area contributed by atoms with Crippen LogP contribution in [0.5, 0.6) is 0 Å². The number of amides is 3. The van der Waals surface area contributed by atoms with Gasteiger partial charge in [0, 0.05) is 16.1 Å². The normalized spacial score (nSPS) is 17.6. The highest BCUT2D eigenvalue weighted by atomic mass is 32.2. The zero-order valence-corrected chi connectivity index (χ0v) is 20.4. The fraction of sp³-hybridized carbons (Fsp3) is 0.375. The van der Waals surface area contributed by atoms with E-state index < -0.39 is 34.2 Å². The summed E-state index contributed by atoms with van der Waals surface area (Å²) < 4.78 is 11.0. The zero-order chi connectivity index (χ0) is 24.4. The average Bonchev–Trinajstić information content (AvgIpc) is 2.96. The van der Waals surface area contributed by atoms with Crippen molar-refractivity contribution in [2.24, 2.45) is 0 Å². The highest BCUT2D eigenvalue weighted by Gasteiger charge is 2.56. The fourth-order valence-electron chi connectivity index (χ4n) is 3.20. The molecule has 1 unspecified atom stereocenters. The molecule has 3 rings (SSSR count). The largest absolute Gasteiger partial charge is 0.443 e. The highest BCUT2D eigenvalue weighted by molar-refractivity contribution is 8.01. The topological polar surface area (TPSA) is 97.0 Å². The molecule has 33 heavy (non-hydrogen) atoms. The maximum Gasteiger partial charge on any atom is 0.431 e. The predicted molar refractivity (Wildman–Crippen MR) is 126 cm³/mol. The molecule has 0 aromatic heterocycles. The summed E-state index contributed by atoms with van der Waals surface area (Å²) in [5, 5.41) is 3.75. The van der Waals surface area contributed by atoms with Gasteiger partial charge < -0.3 is 14.8 Å². The van der Waals surface area contributed by atoms with E-state index in [0.29, 0.717) is 16.1 Å². The molecule has 2 N–H and O–H groups in total. The van der Waals surface area contributed by atoms with Gasteiger partial charge in [0.1, 0.15) is 11.2 Å². The van der Waals surface area contributed by atoms with Crippen LogP contribution in [-0.4, -0.2) is 34.3 Å². The van der Waals surface area contributed by atoms with Crippen molar-refractivity contribution < 1.29 is 23.9 Å². The van der Waals surface area contributed by atoms with Crippen LogP contribution in [0.1, 0.15) is 47.1 Å². The number of fused-ring (bicyclic) bond motifs is 1. The Kier molecular flexibility index (Phi) is 6.65. The average molecular weight is 472 g/mol. The molecule has 176 valence electrons. The van der Waals surface area contributed by atoms with Crippen LogP contribution in [0.2, 0.25) is 0 Å². The molecule has 1 aliphatic rings. The van der Waals surface area contributed by atoms with Crippen molar-refractivity contribution in [2.75, 3.05) is 5.32 Å². The zero-order valence-electron chi connectivity index (χ0n) is 19.6. The summed E-state index contributed by atoms with van der Waals surface area (Å²) in [5.41, 5.74) is 1.83. The highest BCUT2D eigenvalue weighted by Crippen LogP contribution is 2.51. The first-order valence-electron chi connectivity index (χ1n) is 10.5. The van der Waals surface area contributed by atoms with Crippen LogP contribution in [-0.2, 0) is 19.1 Å². The lowest BCUT2D eigenvalue weighted by atomic mass is 10.1. The smallest absolute Gasteiger partial charge is 0.431 e. The Balaban J connectivity index is 2.16. The number of hydrogen-bond acceptors (Lipinski definition) is 6. The van der Waals surface area contributed by atoms with Crippen molar-refractivity contribution >= 4 is 35.5 Å². The van der Waals surface area contributed by atoms with Gasteiger partial charge in [0.15, 0.2) is 0 Å². The summed E-state index contributed by atoms with van der Waals surface area (Å²) in [6.07, 6.45) is -1.79. The summed E-state index contributed by atoms with van der Waals surface area (Å²) in [5.74, 6) is -0.500. The molecule has 8 nitrogen and oxygen atoms in total. The van der Waals surface area contributed by atoms with Crippen molar-refractivity contribution in [3.05, 3.63) is 60.2 Å². The molecule has 1 atom stereocenters. The van der Waals surface area contributed by atoms with Crippen molar-refractivity contribution in [1.82, 2.24) is 10.4 Å². The summed E-state index contributed by atoms with van der Waals surface area (Å²) in [7, 11) is 0. The first kappa shape index (κ1) is 24.4.